The minimum atomic E-state index is -0.367. The number of nitrogens with one attached hydrogen (secondary N) is 1. The van der Waals surface area contributed by atoms with Gasteiger partial charge in [-0.15, -0.1) is 11.3 Å². The number of anilines is 1. The quantitative estimate of drug-likeness (QED) is 0.461. The lowest BCUT2D eigenvalue weighted by Gasteiger charge is -2.08. The maximum absolute atomic E-state index is 13.0. The molecule has 0 aliphatic rings. The summed E-state index contributed by atoms with van der Waals surface area (Å²) < 4.78 is 25.1. The number of aromatic nitrogens is 3. The summed E-state index contributed by atoms with van der Waals surface area (Å²) in [4.78, 5) is 17.0. The zero-order valence-electron chi connectivity index (χ0n) is 16.8. The van der Waals surface area contributed by atoms with Gasteiger partial charge in [-0.25, -0.2) is 9.37 Å². The van der Waals surface area contributed by atoms with E-state index in [1.807, 2.05) is 36.6 Å². The van der Waals surface area contributed by atoms with Gasteiger partial charge in [0.15, 0.2) is 6.61 Å². The van der Waals surface area contributed by atoms with Crippen molar-refractivity contribution in [2.45, 2.75) is 6.92 Å². The standard InChI is InChI=1S/C22H19FN4O3S/c1-14-11-20(25-21(28)12-30-18-9-5-16(23)6-10-18)27(26-14)22-24-19(13-31-22)15-3-7-17(29-2)8-4-15/h3-11,13H,12H2,1-2H3,(H,25,28). The van der Waals surface area contributed by atoms with Crippen molar-refractivity contribution in [2.75, 3.05) is 19.0 Å². The Hall–Kier alpha value is -3.72. The van der Waals surface area contributed by atoms with Gasteiger partial charge >= 0.3 is 0 Å². The van der Waals surface area contributed by atoms with Gasteiger partial charge in [-0.1, -0.05) is 0 Å². The number of hydrogen-bond acceptors (Lipinski definition) is 6. The van der Waals surface area contributed by atoms with E-state index >= 15 is 0 Å². The summed E-state index contributed by atoms with van der Waals surface area (Å²) in [6, 6.07) is 14.8. The van der Waals surface area contributed by atoms with Crippen LogP contribution in [-0.2, 0) is 4.79 Å². The van der Waals surface area contributed by atoms with Crippen LogP contribution in [0, 0.1) is 12.7 Å². The molecule has 31 heavy (non-hydrogen) atoms. The highest BCUT2D eigenvalue weighted by Crippen LogP contribution is 2.27. The molecule has 0 atom stereocenters. The lowest BCUT2D eigenvalue weighted by Crippen LogP contribution is -2.21. The van der Waals surface area contributed by atoms with E-state index in [1.54, 1.807) is 17.9 Å². The maximum Gasteiger partial charge on any atom is 0.263 e. The lowest BCUT2D eigenvalue weighted by molar-refractivity contribution is -0.118. The number of ether oxygens (including phenoxy) is 2. The predicted octanol–water partition coefficient (Wildman–Crippen LogP) is 4.47. The van der Waals surface area contributed by atoms with Gasteiger partial charge in [-0.2, -0.15) is 9.78 Å². The number of aryl methyl sites for hydroxylation is 1. The molecule has 1 amide bonds. The molecule has 0 unspecified atom stereocenters. The molecule has 0 aliphatic heterocycles. The molecule has 2 heterocycles. The average Bonchev–Trinajstić information content (AvgIpc) is 3.40. The van der Waals surface area contributed by atoms with E-state index in [2.05, 4.69) is 15.4 Å². The van der Waals surface area contributed by atoms with Gasteiger partial charge in [0.2, 0.25) is 5.13 Å². The number of methoxy groups -OCH3 is 1. The highest BCUT2D eigenvalue weighted by molar-refractivity contribution is 7.12. The largest absolute Gasteiger partial charge is 0.497 e. The van der Waals surface area contributed by atoms with Crippen LogP contribution in [0.5, 0.6) is 11.5 Å². The van der Waals surface area contributed by atoms with Gasteiger partial charge in [0.25, 0.3) is 5.91 Å². The molecule has 0 fully saturated rings. The Bertz CT molecular complexity index is 1190. The van der Waals surface area contributed by atoms with Gasteiger partial charge in [-0.05, 0) is 55.5 Å². The summed E-state index contributed by atoms with van der Waals surface area (Å²) in [6.45, 7) is 1.62. The van der Waals surface area contributed by atoms with E-state index in [4.69, 9.17) is 9.47 Å². The third kappa shape index (κ3) is 4.89. The monoisotopic (exact) mass is 438 g/mol. The topological polar surface area (TPSA) is 78.3 Å². The van der Waals surface area contributed by atoms with Crippen molar-refractivity contribution >= 4 is 23.1 Å². The number of nitrogens with zero attached hydrogens (tertiary/aromatic N) is 3. The van der Waals surface area contributed by atoms with Crippen LogP contribution in [0.2, 0.25) is 0 Å². The molecule has 0 spiro atoms. The normalized spacial score (nSPS) is 10.7. The molecule has 0 aliphatic carbocycles. The zero-order chi connectivity index (χ0) is 21.8. The molecule has 4 aromatic rings. The SMILES string of the molecule is COc1ccc(-c2csc(-n3nc(C)cc3NC(=O)COc3ccc(F)cc3)n2)cc1. The van der Waals surface area contributed by atoms with Crippen LogP contribution in [0.3, 0.4) is 0 Å². The Kier molecular flexibility index (Phi) is 5.94. The van der Waals surface area contributed by atoms with Gasteiger partial charge in [0, 0.05) is 17.0 Å². The fraction of sp³-hybridized carbons (Fsp3) is 0.136. The minimum absolute atomic E-state index is 0.217. The summed E-state index contributed by atoms with van der Waals surface area (Å²) in [5, 5.41) is 9.78. The first-order chi connectivity index (χ1) is 15.0. The van der Waals surface area contributed by atoms with Crippen molar-refractivity contribution in [1.29, 1.82) is 0 Å². The molecule has 9 heteroatoms. The average molecular weight is 438 g/mol. The number of hydrogen-bond donors (Lipinski definition) is 1. The predicted molar refractivity (Wildman–Crippen MR) is 116 cm³/mol. The number of benzene rings is 2. The molecule has 4 rings (SSSR count). The fourth-order valence-corrected chi connectivity index (χ4v) is 3.64. The first-order valence-electron chi connectivity index (χ1n) is 9.37. The fourth-order valence-electron chi connectivity index (χ4n) is 2.85. The Morgan fingerprint density at radius 2 is 1.84 bits per heavy atom. The van der Waals surface area contributed by atoms with E-state index in [0.29, 0.717) is 16.7 Å². The third-order valence-corrected chi connectivity index (χ3v) is 5.16. The number of halogens is 1. The molecule has 1 N–H and O–H groups in total. The summed E-state index contributed by atoms with van der Waals surface area (Å²) in [7, 11) is 1.62. The highest BCUT2D eigenvalue weighted by Gasteiger charge is 2.15. The van der Waals surface area contributed by atoms with Crippen LogP contribution < -0.4 is 14.8 Å². The van der Waals surface area contributed by atoms with Gasteiger partial charge in [0.05, 0.1) is 18.5 Å². The minimum Gasteiger partial charge on any atom is -0.497 e. The zero-order valence-corrected chi connectivity index (χ0v) is 17.6. The number of carbonyl (C=O) groups excluding carboxylic acids is 1. The summed E-state index contributed by atoms with van der Waals surface area (Å²) >= 11 is 1.41. The number of amides is 1. The van der Waals surface area contributed by atoms with Crippen molar-refractivity contribution in [3.05, 3.63) is 71.5 Å². The first-order valence-corrected chi connectivity index (χ1v) is 10.2. The van der Waals surface area contributed by atoms with Gasteiger partial charge in [-0.3, -0.25) is 4.79 Å². The highest BCUT2D eigenvalue weighted by atomic mass is 32.1. The van der Waals surface area contributed by atoms with Crippen LogP contribution >= 0.6 is 11.3 Å². The smallest absolute Gasteiger partial charge is 0.263 e. The van der Waals surface area contributed by atoms with Crippen molar-refractivity contribution in [1.82, 2.24) is 14.8 Å². The van der Waals surface area contributed by atoms with E-state index in [-0.39, 0.29) is 18.3 Å². The second-order valence-corrected chi connectivity index (χ2v) is 7.45. The van der Waals surface area contributed by atoms with Crippen LogP contribution in [0.1, 0.15) is 5.69 Å². The molecular formula is C22H19FN4O3S. The van der Waals surface area contributed by atoms with Crippen LogP contribution in [-0.4, -0.2) is 34.4 Å². The van der Waals surface area contributed by atoms with Crippen LogP contribution in [0.15, 0.2) is 60.0 Å². The molecule has 0 bridgehead atoms. The van der Waals surface area contributed by atoms with Crippen LogP contribution in [0.25, 0.3) is 16.4 Å². The molecular weight excluding hydrogens is 419 g/mol. The molecule has 7 nitrogen and oxygen atoms in total. The summed E-state index contributed by atoms with van der Waals surface area (Å²) in [6.07, 6.45) is 0. The number of carbonyl (C=O) groups is 1. The van der Waals surface area contributed by atoms with Gasteiger partial charge < -0.3 is 14.8 Å². The summed E-state index contributed by atoms with van der Waals surface area (Å²) in [5.41, 5.74) is 2.48. The maximum atomic E-state index is 13.0. The van der Waals surface area contributed by atoms with Crippen molar-refractivity contribution in [3.8, 4) is 27.9 Å². The van der Waals surface area contributed by atoms with E-state index in [0.717, 1.165) is 22.7 Å². The van der Waals surface area contributed by atoms with Crippen molar-refractivity contribution < 1.29 is 18.7 Å². The molecule has 0 saturated heterocycles. The molecule has 2 aromatic carbocycles. The first kappa shape index (κ1) is 20.5. The molecule has 2 aromatic heterocycles. The Morgan fingerprint density at radius 1 is 1.13 bits per heavy atom. The lowest BCUT2D eigenvalue weighted by atomic mass is 10.2. The summed E-state index contributed by atoms with van der Waals surface area (Å²) in [5.74, 6) is 0.937. The van der Waals surface area contributed by atoms with E-state index < -0.39 is 0 Å². The Labute approximate surface area is 182 Å². The van der Waals surface area contributed by atoms with E-state index in [1.165, 1.54) is 35.6 Å². The third-order valence-electron chi connectivity index (χ3n) is 4.34. The van der Waals surface area contributed by atoms with Crippen LogP contribution in [0.4, 0.5) is 10.2 Å². The Balaban J connectivity index is 1.47. The molecule has 0 saturated carbocycles. The second kappa shape index (κ2) is 8.97. The molecule has 158 valence electrons. The number of rotatable bonds is 7. The van der Waals surface area contributed by atoms with Crippen molar-refractivity contribution in [3.63, 3.8) is 0 Å². The molecule has 0 radical (unpaired) electrons. The number of thiazole rings is 1. The van der Waals surface area contributed by atoms with Gasteiger partial charge in [0.1, 0.15) is 23.1 Å². The van der Waals surface area contributed by atoms with E-state index in [9.17, 15) is 9.18 Å². The van der Waals surface area contributed by atoms with Crippen molar-refractivity contribution in [2.24, 2.45) is 0 Å². The Morgan fingerprint density at radius 3 is 2.55 bits per heavy atom. The second-order valence-electron chi connectivity index (χ2n) is 6.62.